The lowest BCUT2D eigenvalue weighted by Crippen LogP contribution is -2.21. The van der Waals surface area contributed by atoms with Gasteiger partial charge < -0.3 is 15.4 Å². The predicted octanol–water partition coefficient (Wildman–Crippen LogP) is 3.70. The van der Waals surface area contributed by atoms with Crippen molar-refractivity contribution in [3.63, 3.8) is 0 Å². The monoisotopic (exact) mass is 278 g/mol. The molecule has 2 N–H and O–H groups in total. The van der Waals surface area contributed by atoms with E-state index in [-0.39, 0.29) is 0 Å². The van der Waals surface area contributed by atoms with Crippen molar-refractivity contribution in [1.82, 2.24) is 0 Å². The summed E-state index contributed by atoms with van der Waals surface area (Å²) in [6, 6.07) is 17.9. The summed E-state index contributed by atoms with van der Waals surface area (Å²) in [5, 5.41) is 0. The number of benzene rings is 2. The van der Waals surface area contributed by atoms with Gasteiger partial charge in [0, 0.05) is 25.0 Å². The van der Waals surface area contributed by atoms with Gasteiger partial charge in [-0.2, -0.15) is 0 Å². The van der Waals surface area contributed by atoms with Crippen LogP contribution >= 0.6 is 0 Å². The van der Waals surface area contributed by atoms with Crippen LogP contribution < -0.4 is 15.4 Å². The molecular formula is C18H18N2O. The average molecular weight is 278 g/mol. The average Bonchev–Trinajstić information content (AvgIpc) is 2.56. The van der Waals surface area contributed by atoms with Gasteiger partial charge in [0.2, 0.25) is 0 Å². The standard InChI is InChI=1S/C18H18N2O/c19-13-15-5-4-12-20(14-15)16-8-10-18(11-9-16)21-17-6-2-1-3-7-17/h1-11,14H,12-13,19H2. The van der Waals surface area contributed by atoms with E-state index >= 15 is 0 Å². The van der Waals surface area contributed by atoms with Gasteiger partial charge in [-0.3, -0.25) is 0 Å². The summed E-state index contributed by atoms with van der Waals surface area (Å²) < 4.78 is 5.80. The van der Waals surface area contributed by atoms with Crippen LogP contribution in [0.1, 0.15) is 0 Å². The largest absolute Gasteiger partial charge is 0.457 e. The second-order valence-corrected chi connectivity index (χ2v) is 4.87. The highest BCUT2D eigenvalue weighted by Gasteiger charge is 2.07. The van der Waals surface area contributed by atoms with Crippen LogP contribution in [0.3, 0.4) is 0 Å². The third-order valence-corrected chi connectivity index (χ3v) is 3.34. The summed E-state index contributed by atoms with van der Waals surface area (Å²) in [6.45, 7) is 1.42. The highest BCUT2D eigenvalue weighted by molar-refractivity contribution is 5.54. The van der Waals surface area contributed by atoms with Gasteiger partial charge in [-0.25, -0.2) is 0 Å². The lowest BCUT2D eigenvalue weighted by atomic mass is 10.2. The molecule has 0 unspecified atom stereocenters. The molecule has 21 heavy (non-hydrogen) atoms. The Morgan fingerprint density at radius 3 is 2.38 bits per heavy atom. The summed E-state index contributed by atoms with van der Waals surface area (Å²) >= 11 is 0. The first-order valence-corrected chi connectivity index (χ1v) is 7.02. The first kappa shape index (κ1) is 13.5. The third-order valence-electron chi connectivity index (χ3n) is 3.34. The van der Waals surface area contributed by atoms with Gasteiger partial charge in [0.1, 0.15) is 11.5 Å². The molecule has 1 aliphatic rings. The fourth-order valence-electron chi connectivity index (χ4n) is 2.24. The fraction of sp³-hybridized carbons (Fsp3) is 0.111. The molecule has 2 aromatic rings. The van der Waals surface area contributed by atoms with Gasteiger partial charge in [0.25, 0.3) is 0 Å². The molecule has 0 saturated heterocycles. The van der Waals surface area contributed by atoms with E-state index in [1.165, 1.54) is 0 Å². The van der Waals surface area contributed by atoms with Gasteiger partial charge >= 0.3 is 0 Å². The molecule has 0 spiro atoms. The van der Waals surface area contributed by atoms with Gasteiger partial charge in [-0.1, -0.05) is 30.4 Å². The molecule has 3 rings (SSSR count). The second-order valence-electron chi connectivity index (χ2n) is 4.87. The van der Waals surface area contributed by atoms with Gasteiger partial charge in [0.15, 0.2) is 0 Å². The number of nitrogens with two attached hydrogens (primary N) is 1. The van der Waals surface area contributed by atoms with Crippen molar-refractivity contribution in [2.75, 3.05) is 18.0 Å². The van der Waals surface area contributed by atoms with E-state index < -0.39 is 0 Å². The Balaban J connectivity index is 1.73. The Kier molecular flexibility index (Phi) is 4.03. The molecule has 0 aromatic heterocycles. The summed E-state index contributed by atoms with van der Waals surface area (Å²) in [5.41, 5.74) is 7.95. The van der Waals surface area contributed by atoms with Crippen molar-refractivity contribution in [3.05, 3.63) is 78.5 Å². The van der Waals surface area contributed by atoms with Crippen LogP contribution in [0.15, 0.2) is 78.5 Å². The topological polar surface area (TPSA) is 38.5 Å². The maximum Gasteiger partial charge on any atom is 0.127 e. The SMILES string of the molecule is NCC1=CN(c2ccc(Oc3ccccc3)cc2)CC=C1. The summed E-state index contributed by atoms with van der Waals surface area (Å²) in [6.07, 6.45) is 6.28. The molecule has 1 aliphatic heterocycles. The van der Waals surface area contributed by atoms with Crippen molar-refractivity contribution in [3.8, 4) is 11.5 Å². The Morgan fingerprint density at radius 2 is 1.67 bits per heavy atom. The van der Waals surface area contributed by atoms with Crippen molar-refractivity contribution in [2.24, 2.45) is 5.73 Å². The number of rotatable bonds is 4. The lowest BCUT2D eigenvalue weighted by Gasteiger charge is -2.23. The summed E-state index contributed by atoms with van der Waals surface area (Å²) in [5.74, 6) is 1.68. The van der Waals surface area contributed by atoms with E-state index in [9.17, 15) is 0 Å². The minimum Gasteiger partial charge on any atom is -0.457 e. The molecule has 3 nitrogen and oxygen atoms in total. The van der Waals surface area contributed by atoms with Crippen molar-refractivity contribution >= 4 is 5.69 Å². The lowest BCUT2D eigenvalue weighted by molar-refractivity contribution is 0.483. The van der Waals surface area contributed by atoms with E-state index in [2.05, 4.69) is 35.4 Å². The predicted molar refractivity (Wildman–Crippen MR) is 86.6 cm³/mol. The van der Waals surface area contributed by atoms with E-state index in [1.807, 2.05) is 42.5 Å². The third kappa shape index (κ3) is 3.33. The van der Waals surface area contributed by atoms with Gasteiger partial charge in [0.05, 0.1) is 0 Å². The Labute approximate surface area is 125 Å². The first-order chi connectivity index (χ1) is 10.3. The van der Waals surface area contributed by atoms with Gasteiger partial charge in [-0.05, 0) is 42.0 Å². The Bertz CT molecular complexity index is 645. The van der Waals surface area contributed by atoms with Crippen molar-refractivity contribution in [2.45, 2.75) is 0 Å². The van der Waals surface area contributed by atoms with Crippen LogP contribution in [0, 0.1) is 0 Å². The number of ether oxygens (including phenoxy) is 1. The molecule has 106 valence electrons. The number of nitrogens with zero attached hydrogens (tertiary/aromatic N) is 1. The highest BCUT2D eigenvalue weighted by atomic mass is 16.5. The minimum absolute atomic E-state index is 0.558. The smallest absolute Gasteiger partial charge is 0.127 e. The Morgan fingerprint density at radius 1 is 0.952 bits per heavy atom. The molecule has 0 fully saturated rings. The fourth-order valence-corrected chi connectivity index (χ4v) is 2.24. The zero-order chi connectivity index (χ0) is 14.5. The highest BCUT2D eigenvalue weighted by Crippen LogP contribution is 2.25. The van der Waals surface area contributed by atoms with Gasteiger partial charge in [-0.15, -0.1) is 0 Å². The van der Waals surface area contributed by atoms with E-state index in [0.717, 1.165) is 29.3 Å². The maximum absolute atomic E-state index is 5.80. The number of anilines is 1. The van der Waals surface area contributed by atoms with Crippen molar-refractivity contribution in [1.29, 1.82) is 0 Å². The number of para-hydroxylation sites is 1. The molecule has 0 saturated carbocycles. The number of hydrogen-bond donors (Lipinski definition) is 1. The molecule has 0 aliphatic carbocycles. The molecule has 3 heteroatoms. The molecular weight excluding hydrogens is 260 g/mol. The van der Waals surface area contributed by atoms with Crippen LogP contribution in [-0.4, -0.2) is 13.1 Å². The van der Waals surface area contributed by atoms with Crippen LogP contribution in [0.25, 0.3) is 0 Å². The van der Waals surface area contributed by atoms with E-state index in [1.54, 1.807) is 0 Å². The molecule has 0 amide bonds. The molecule has 0 atom stereocenters. The van der Waals surface area contributed by atoms with E-state index in [0.29, 0.717) is 6.54 Å². The molecule has 0 radical (unpaired) electrons. The van der Waals surface area contributed by atoms with Crippen LogP contribution in [0.5, 0.6) is 11.5 Å². The normalized spacial score (nSPS) is 14.0. The first-order valence-electron chi connectivity index (χ1n) is 7.02. The quantitative estimate of drug-likeness (QED) is 0.926. The van der Waals surface area contributed by atoms with E-state index in [4.69, 9.17) is 10.5 Å². The zero-order valence-corrected chi connectivity index (χ0v) is 11.8. The van der Waals surface area contributed by atoms with Crippen molar-refractivity contribution < 1.29 is 4.74 Å². The minimum atomic E-state index is 0.558. The molecule has 2 aromatic carbocycles. The molecule has 1 heterocycles. The molecule has 0 bridgehead atoms. The number of hydrogen-bond acceptors (Lipinski definition) is 3. The van der Waals surface area contributed by atoms with Crippen LogP contribution in [0.2, 0.25) is 0 Å². The van der Waals surface area contributed by atoms with Crippen LogP contribution in [0.4, 0.5) is 5.69 Å². The summed E-state index contributed by atoms with van der Waals surface area (Å²) in [7, 11) is 0. The maximum atomic E-state index is 5.80. The summed E-state index contributed by atoms with van der Waals surface area (Å²) in [4.78, 5) is 2.18. The zero-order valence-electron chi connectivity index (χ0n) is 11.8. The van der Waals surface area contributed by atoms with Crippen LogP contribution in [-0.2, 0) is 0 Å². The second kappa shape index (κ2) is 6.29. The Hall–Kier alpha value is -2.52.